The molecule has 0 aliphatic carbocycles. The molecule has 0 aliphatic heterocycles. The minimum atomic E-state index is 0.234. The van der Waals surface area contributed by atoms with Crippen molar-refractivity contribution >= 4 is 11.4 Å². The van der Waals surface area contributed by atoms with E-state index in [2.05, 4.69) is 29.1 Å². The summed E-state index contributed by atoms with van der Waals surface area (Å²) < 4.78 is 6.85. The highest BCUT2D eigenvalue weighted by Crippen LogP contribution is 2.34. The van der Waals surface area contributed by atoms with Gasteiger partial charge in [0.2, 0.25) is 5.88 Å². The van der Waals surface area contributed by atoms with E-state index < -0.39 is 0 Å². The third kappa shape index (κ3) is 1.46. The largest absolute Gasteiger partial charge is 0.367 e. The molecule has 3 rings (SSSR count). The Kier molecular flexibility index (Phi) is 2.29. The van der Waals surface area contributed by atoms with Gasteiger partial charge in [0.05, 0.1) is 23.5 Å². The van der Waals surface area contributed by atoms with Crippen LogP contribution in [0.3, 0.4) is 0 Å². The van der Waals surface area contributed by atoms with E-state index in [4.69, 9.17) is 10.3 Å². The number of fused-ring (bicyclic) bond motifs is 1. The van der Waals surface area contributed by atoms with Crippen LogP contribution in [0.4, 0.5) is 5.88 Å². The van der Waals surface area contributed by atoms with Gasteiger partial charge < -0.3 is 10.3 Å². The number of hydrogen-bond donors (Lipinski definition) is 1. The SMILES string of the molecule is CC(C)c1c(-c2cnn3ccncc23)noc1N. The fraction of sp³-hybridized carbons (Fsp3) is 0.250. The van der Waals surface area contributed by atoms with Crippen LogP contribution in [0.25, 0.3) is 16.8 Å². The molecule has 0 spiro atoms. The van der Waals surface area contributed by atoms with E-state index in [1.54, 1.807) is 29.3 Å². The van der Waals surface area contributed by atoms with E-state index >= 15 is 0 Å². The zero-order valence-corrected chi connectivity index (χ0v) is 10.2. The predicted octanol–water partition coefficient (Wildman–Crippen LogP) is 2.09. The van der Waals surface area contributed by atoms with Crippen LogP contribution >= 0.6 is 0 Å². The molecule has 92 valence electrons. The summed E-state index contributed by atoms with van der Waals surface area (Å²) in [4.78, 5) is 4.10. The van der Waals surface area contributed by atoms with E-state index in [9.17, 15) is 0 Å². The molecule has 3 aromatic heterocycles. The van der Waals surface area contributed by atoms with Gasteiger partial charge in [-0.25, -0.2) is 4.52 Å². The van der Waals surface area contributed by atoms with Crippen molar-refractivity contribution in [2.75, 3.05) is 5.73 Å². The molecule has 3 aromatic rings. The molecule has 3 heterocycles. The Morgan fingerprint density at radius 2 is 2.17 bits per heavy atom. The van der Waals surface area contributed by atoms with Gasteiger partial charge in [-0.3, -0.25) is 4.98 Å². The van der Waals surface area contributed by atoms with Gasteiger partial charge >= 0.3 is 0 Å². The van der Waals surface area contributed by atoms with Crippen LogP contribution in [-0.2, 0) is 0 Å². The van der Waals surface area contributed by atoms with Crippen molar-refractivity contribution in [1.82, 2.24) is 19.8 Å². The molecule has 6 nitrogen and oxygen atoms in total. The summed E-state index contributed by atoms with van der Waals surface area (Å²) in [5.74, 6) is 0.598. The first-order valence-corrected chi connectivity index (χ1v) is 5.71. The summed E-state index contributed by atoms with van der Waals surface area (Å²) in [6.07, 6.45) is 6.97. The maximum absolute atomic E-state index is 5.82. The van der Waals surface area contributed by atoms with Gasteiger partial charge in [0.1, 0.15) is 5.69 Å². The van der Waals surface area contributed by atoms with Crippen molar-refractivity contribution in [2.45, 2.75) is 19.8 Å². The third-order valence-corrected chi connectivity index (χ3v) is 2.91. The molecule has 0 amide bonds. The van der Waals surface area contributed by atoms with Crippen molar-refractivity contribution in [3.63, 3.8) is 0 Å². The second-order valence-corrected chi connectivity index (χ2v) is 4.43. The highest BCUT2D eigenvalue weighted by atomic mass is 16.5. The average molecular weight is 243 g/mol. The zero-order chi connectivity index (χ0) is 12.7. The molecule has 0 fully saturated rings. The maximum Gasteiger partial charge on any atom is 0.226 e. The van der Waals surface area contributed by atoms with Gasteiger partial charge in [-0.05, 0) is 5.92 Å². The van der Waals surface area contributed by atoms with Gasteiger partial charge in [0, 0.05) is 18.0 Å². The van der Waals surface area contributed by atoms with E-state index in [0.717, 1.165) is 22.3 Å². The van der Waals surface area contributed by atoms with Gasteiger partial charge in [-0.15, -0.1) is 0 Å². The van der Waals surface area contributed by atoms with Crippen LogP contribution in [-0.4, -0.2) is 19.8 Å². The number of hydrogen-bond acceptors (Lipinski definition) is 5. The molecular formula is C12H13N5O. The maximum atomic E-state index is 5.82. The van der Waals surface area contributed by atoms with Crippen LogP contribution in [0.15, 0.2) is 29.3 Å². The lowest BCUT2D eigenvalue weighted by Gasteiger charge is -2.03. The minimum absolute atomic E-state index is 0.234. The van der Waals surface area contributed by atoms with E-state index in [1.807, 2.05) is 0 Å². The van der Waals surface area contributed by atoms with Gasteiger partial charge in [-0.1, -0.05) is 19.0 Å². The number of rotatable bonds is 2. The molecule has 0 atom stereocenters. The summed E-state index contributed by atoms with van der Waals surface area (Å²) in [5, 5.41) is 8.31. The van der Waals surface area contributed by atoms with E-state index in [1.165, 1.54) is 0 Å². The summed E-state index contributed by atoms with van der Waals surface area (Å²) in [7, 11) is 0. The molecule has 6 heteroatoms. The number of anilines is 1. The third-order valence-electron chi connectivity index (χ3n) is 2.91. The molecule has 0 aliphatic rings. The normalized spacial score (nSPS) is 11.5. The topological polar surface area (TPSA) is 82.2 Å². The van der Waals surface area contributed by atoms with Crippen molar-refractivity contribution in [3.05, 3.63) is 30.4 Å². The van der Waals surface area contributed by atoms with E-state index in [-0.39, 0.29) is 5.92 Å². The molecule has 0 bridgehead atoms. The Morgan fingerprint density at radius 1 is 1.33 bits per heavy atom. The van der Waals surface area contributed by atoms with Crippen molar-refractivity contribution in [3.8, 4) is 11.3 Å². The summed E-state index contributed by atoms with van der Waals surface area (Å²) in [6, 6.07) is 0. The molecule has 0 saturated carbocycles. The predicted molar refractivity (Wildman–Crippen MR) is 67.0 cm³/mol. The quantitative estimate of drug-likeness (QED) is 0.745. The number of nitrogen functional groups attached to an aromatic ring is 1. The van der Waals surface area contributed by atoms with Crippen LogP contribution < -0.4 is 5.73 Å². The fourth-order valence-corrected chi connectivity index (χ4v) is 2.08. The average Bonchev–Trinajstić information content (AvgIpc) is 2.92. The summed E-state index contributed by atoms with van der Waals surface area (Å²) in [5.41, 5.74) is 9.24. The Bertz CT molecular complexity index is 697. The fourth-order valence-electron chi connectivity index (χ4n) is 2.08. The molecule has 2 N–H and O–H groups in total. The lowest BCUT2D eigenvalue weighted by Crippen LogP contribution is -1.94. The number of nitrogens with two attached hydrogens (primary N) is 1. The Morgan fingerprint density at radius 3 is 2.94 bits per heavy atom. The smallest absolute Gasteiger partial charge is 0.226 e. The van der Waals surface area contributed by atoms with Crippen LogP contribution in [0.2, 0.25) is 0 Å². The summed E-state index contributed by atoms with van der Waals surface area (Å²) >= 11 is 0. The highest BCUT2D eigenvalue weighted by molar-refractivity contribution is 5.80. The van der Waals surface area contributed by atoms with Gasteiger partial charge in [-0.2, -0.15) is 5.10 Å². The number of aromatic nitrogens is 4. The van der Waals surface area contributed by atoms with Crippen LogP contribution in [0, 0.1) is 0 Å². The summed E-state index contributed by atoms with van der Waals surface area (Å²) in [6.45, 7) is 4.10. The lowest BCUT2D eigenvalue weighted by atomic mass is 10.00. The van der Waals surface area contributed by atoms with Crippen LogP contribution in [0.1, 0.15) is 25.3 Å². The molecule has 0 saturated heterocycles. The first kappa shape index (κ1) is 10.8. The molecule has 0 unspecified atom stereocenters. The molecule has 0 aromatic carbocycles. The highest BCUT2D eigenvalue weighted by Gasteiger charge is 2.21. The lowest BCUT2D eigenvalue weighted by molar-refractivity contribution is 0.438. The van der Waals surface area contributed by atoms with Crippen molar-refractivity contribution in [1.29, 1.82) is 0 Å². The standard InChI is InChI=1S/C12H13N5O/c1-7(2)10-11(16-18-12(10)13)8-5-15-17-4-3-14-6-9(8)17/h3-7H,13H2,1-2H3. The minimum Gasteiger partial charge on any atom is -0.367 e. The van der Waals surface area contributed by atoms with Gasteiger partial charge in [0.25, 0.3) is 0 Å². The Labute approximate surface area is 103 Å². The zero-order valence-electron chi connectivity index (χ0n) is 10.2. The number of nitrogens with zero attached hydrogens (tertiary/aromatic N) is 4. The second-order valence-electron chi connectivity index (χ2n) is 4.43. The van der Waals surface area contributed by atoms with Crippen molar-refractivity contribution < 1.29 is 4.52 Å². The Hall–Kier alpha value is -2.37. The molecular weight excluding hydrogens is 230 g/mol. The van der Waals surface area contributed by atoms with Crippen LogP contribution in [0.5, 0.6) is 0 Å². The van der Waals surface area contributed by atoms with Gasteiger partial charge in [0.15, 0.2) is 0 Å². The van der Waals surface area contributed by atoms with E-state index in [0.29, 0.717) is 5.88 Å². The monoisotopic (exact) mass is 243 g/mol. The first-order chi connectivity index (χ1) is 8.68. The van der Waals surface area contributed by atoms with Crippen molar-refractivity contribution in [2.24, 2.45) is 0 Å². The first-order valence-electron chi connectivity index (χ1n) is 5.71. The molecule has 18 heavy (non-hydrogen) atoms. The molecule has 0 radical (unpaired) electrons. The second kappa shape index (κ2) is 3.83. The Balaban J connectivity index is 2.27.